The van der Waals surface area contributed by atoms with Gasteiger partial charge in [0.2, 0.25) is 0 Å². The van der Waals surface area contributed by atoms with Gasteiger partial charge in [-0.05, 0) is 105 Å². The molecule has 5 aliphatic rings. The molecule has 0 spiro atoms. The largest absolute Gasteiger partial charge is 0.463 e. The van der Waals surface area contributed by atoms with Crippen LogP contribution in [0.5, 0.6) is 0 Å². The van der Waals surface area contributed by atoms with Crippen LogP contribution in [0.1, 0.15) is 106 Å². The lowest BCUT2D eigenvalue weighted by Crippen LogP contribution is -2.51. The average Bonchev–Trinajstić information content (AvgIpc) is 3.32. The Morgan fingerprint density at radius 1 is 1.02 bits per heavy atom. The summed E-state index contributed by atoms with van der Waals surface area (Å²) < 4.78 is 23.1. The highest BCUT2D eigenvalue weighted by atomic mass is 16.7. The zero-order valence-corrected chi connectivity index (χ0v) is 27.1. The normalized spacial score (nSPS) is 40.5. The maximum atomic E-state index is 11.6. The van der Waals surface area contributed by atoms with Gasteiger partial charge in [-0.15, -0.1) is 0 Å². The predicted octanol–water partition coefficient (Wildman–Crippen LogP) is 6.92. The number of carbonyl (C=O) groups is 2. The highest BCUT2D eigenvalue weighted by molar-refractivity contribution is 5.85. The fraction of sp³-hybridized carbons (Fsp3) is 0.800. The van der Waals surface area contributed by atoms with Gasteiger partial charge in [-0.3, -0.25) is 9.59 Å². The third-order valence-corrected chi connectivity index (χ3v) is 11.6. The van der Waals surface area contributed by atoms with Crippen LogP contribution in [0.3, 0.4) is 0 Å². The van der Waals surface area contributed by atoms with Crippen LogP contribution in [0, 0.1) is 34.5 Å². The minimum Gasteiger partial charge on any atom is -0.463 e. The lowest BCUT2D eigenvalue weighted by molar-refractivity contribution is -0.213. The lowest BCUT2D eigenvalue weighted by Gasteiger charge is -2.58. The van der Waals surface area contributed by atoms with Crippen molar-refractivity contribution in [3.63, 3.8) is 0 Å². The van der Waals surface area contributed by atoms with E-state index in [4.69, 9.17) is 23.8 Å². The van der Waals surface area contributed by atoms with Gasteiger partial charge in [-0.25, -0.2) is 0 Å². The first-order chi connectivity index (χ1) is 20.5. The Hall–Kier alpha value is -2.19. The third-order valence-electron chi connectivity index (χ3n) is 11.6. The van der Waals surface area contributed by atoms with Crippen LogP contribution in [0.4, 0.5) is 0 Å². The second-order valence-electron chi connectivity index (χ2n) is 14.2. The number of carbonyl (C=O) groups excluding carboxylic acids is 2. The van der Waals surface area contributed by atoms with Crippen LogP contribution in [-0.2, 0) is 33.4 Å². The van der Waals surface area contributed by atoms with E-state index in [1.807, 2.05) is 6.08 Å². The van der Waals surface area contributed by atoms with E-state index in [1.54, 1.807) is 11.6 Å². The molecule has 8 heteroatoms. The van der Waals surface area contributed by atoms with Gasteiger partial charge in [0.15, 0.2) is 6.29 Å². The van der Waals surface area contributed by atoms with Crippen molar-refractivity contribution in [3.8, 4) is 0 Å². The van der Waals surface area contributed by atoms with Crippen molar-refractivity contribution in [2.45, 2.75) is 130 Å². The van der Waals surface area contributed by atoms with E-state index in [-0.39, 0.29) is 18.1 Å². The molecule has 4 aliphatic carbocycles. The summed E-state index contributed by atoms with van der Waals surface area (Å²) in [6.45, 7) is 12.9. The Kier molecular flexibility index (Phi) is 10.1. The number of allylic oxidation sites excluding steroid dienone is 1. The number of fused-ring (bicyclic) bond motifs is 5. The summed E-state index contributed by atoms with van der Waals surface area (Å²) in [7, 11) is 0. The highest BCUT2D eigenvalue weighted by Gasteiger charge is 2.59. The molecule has 1 heterocycles. The number of oxime groups is 1. The molecule has 0 N–H and O–H groups in total. The zero-order valence-electron chi connectivity index (χ0n) is 27.1. The summed E-state index contributed by atoms with van der Waals surface area (Å²) in [6, 6.07) is 0. The van der Waals surface area contributed by atoms with E-state index in [0.717, 1.165) is 57.0 Å². The van der Waals surface area contributed by atoms with Crippen LogP contribution in [0.2, 0.25) is 0 Å². The molecule has 43 heavy (non-hydrogen) atoms. The molecule has 0 aromatic heterocycles. The van der Waals surface area contributed by atoms with Crippen LogP contribution in [0.25, 0.3) is 0 Å². The quantitative estimate of drug-likeness (QED) is 0.0885. The van der Waals surface area contributed by atoms with Crippen molar-refractivity contribution in [2.75, 3.05) is 13.2 Å². The number of rotatable bonds is 10. The molecule has 3 fully saturated rings. The molecule has 0 amide bonds. The molecule has 10 atom stereocenters. The van der Waals surface area contributed by atoms with Crippen molar-refractivity contribution >= 4 is 17.7 Å². The second-order valence-corrected chi connectivity index (χ2v) is 14.2. The minimum absolute atomic E-state index is 0.00659. The van der Waals surface area contributed by atoms with E-state index in [1.165, 1.54) is 45.2 Å². The Bertz CT molecular complexity index is 1120. The van der Waals surface area contributed by atoms with Crippen LogP contribution in [0.15, 0.2) is 29.0 Å². The van der Waals surface area contributed by atoms with E-state index < -0.39 is 30.4 Å². The average molecular weight is 600 g/mol. The maximum absolute atomic E-state index is 11.6. The minimum atomic E-state index is -0.611. The molecule has 0 radical (unpaired) electrons. The van der Waals surface area contributed by atoms with Gasteiger partial charge >= 0.3 is 11.9 Å². The summed E-state index contributed by atoms with van der Waals surface area (Å²) in [5.74, 6) is 1.90. The summed E-state index contributed by atoms with van der Waals surface area (Å²) >= 11 is 0. The van der Waals surface area contributed by atoms with Crippen LogP contribution < -0.4 is 0 Å². The molecular formula is C35H53NO7. The fourth-order valence-corrected chi connectivity index (χ4v) is 9.38. The second kappa shape index (κ2) is 13.4. The zero-order chi connectivity index (χ0) is 30.8. The van der Waals surface area contributed by atoms with Gasteiger partial charge in [0, 0.05) is 19.8 Å². The maximum Gasteiger partial charge on any atom is 0.303 e. The number of esters is 2. The van der Waals surface area contributed by atoms with Crippen molar-refractivity contribution in [1.82, 2.24) is 0 Å². The smallest absolute Gasteiger partial charge is 0.303 e. The van der Waals surface area contributed by atoms with E-state index in [0.29, 0.717) is 17.3 Å². The van der Waals surface area contributed by atoms with E-state index >= 15 is 0 Å². The standard InChI is InChI=1S/C35H53NO7/c1-7-8-19-40-36-22(2)28-11-12-29-27-10-9-25-20-26(15-17-34(25,5)30(27)16-18-35(28,29)6)42-33-14-13-31(41-24(4)38)32(43-33)21-39-23(3)37/h9,13-14,26-33H,7-8,10-12,15-21H2,1-6H3/b36-22+/t26-,27?,28+,29?,30?,31-,32+,33?,34-,35+/m0/s1. The van der Waals surface area contributed by atoms with Crippen molar-refractivity contribution < 1.29 is 33.4 Å². The van der Waals surface area contributed by atoms with E-state index in [2.05, 4.69) is 38.9 Å². The third kappa shape index (κ3) is 6.75. The molecule has 5 rings (SSSR count). The van der Waals surface area contributed by atoms with Crippen molar-refractivity contribution in [2.24, 2.45) is 39.7 Å². The van der Waals surface area contributed by atoms with Crippen LogP contribution >= 0.6 is 0 Å². The van der Waals surface area contributed by atoms with Gasteiger partial charge in [-0.2, -0.15) is 0 Å². The van der Waals surface area contributed by atoms with E-state index in [9.17, 15) is 9.59 Å². The molecule has 8 nitrogen and oxygen atoms in total. The monoisotopic (exact) mass is 599 g/mol. The van der Waals surface area contributed by atoms with Gasteiger partial charge < -0.3 is 23.8 Å². The first-order valence-electron chi connectivity index (χ1n) is 16.7. The summed E-state index contributed by atoms with van der Waals surface area (Å²) in [5.41, 5.74) is 3.28. The number of hydrogen-bond donors (Lipinski definition) is 0. The van der Waals surface area contributed by atoms with Gasteiger partial charge in [-0.1, -0.05) is 44.0 Å². The number of ether oxygens (including phenoxy) is 4. The topological polar surface area (TPSA) is 92.6 Å². The molecule has 0 aromatic rings. The molecule has 1 aliphatic heterocycles. The van der Waals surface area contributed by atoms with Crippen LogP contribution in [-0.4, -0.2) is 55.5 Å². The molecule has 0 aromatic carbocycles. The van der Waals surface area contributed by atoms with Gasteiger partial charge in [0.1, 0.15) is 25.4 Å². The Balaban J connectivity index is 1.22. The van der Waals surface area contributed by atoms with Gasteiger partial charge in [0.25, 0.3) is 0 Å². The van der Waals surface area contributed by atoms with Crippen molar-refractivity contribution in [3.05, 3.63) is 23.8 Å². The number of nitrogens with zero attached hydrogens (tertiary/aromatic N) is 1. The molecule has 0 bridgehead atoms. The van der Waals surface area contributed by atoms with Gasteiger partial charge in [0.05, 0.1) is 11.8 Å². The first-order valence-corrected chi connectivity index (χ1v) is 16.7. The SMILES string of the molecule is CCCCO/N=C(\C)[C@H]1CCC2C3CC=C4C[C@@H](OC5C=C[C@H](OC(C)=O)[C@@H](COC(C)=O)O5)CC[C@]4(C)C3CC[C@@]21C. The fourth-order valence-electron chi connectivity index (χ4n) is 9.38. The Morgan fingerprint density at radius 2 is 1.84 bits per heavy atom. The number of unbranched alkanes of at least 4 members (excludes halogenated alkanes) is 1. The summed E-state index contributed by atoms with van der Waals surface area (Å²) in [5, 5.41) is 4.59. The highest BCUT2D eigenvalue weighted by Crippen LogP contribution is 2.66. The predicted molar refractivity (Wildman–Crippen MR) is 164 cm³/mol. The molecule has 3 saturated carbocycles. The Labute approximate surface area is 257 Å². The lowest BCUT2D eigenvalue weighted by atomic mass is 9.47. The van der Waals surface area contributed by atoms with Crippen molar-refractivity contribution in [1.29, 1.82) is 0 Å². The molecule has 4 unspecified atom stereocenters. The first kappa shape index (κ1) is 32.2. The summed E-state index contributed by atoms with van der Waals surface area (Å²) in [4.78, 5) is 28.7. The number of hydrogen-bond acceptors (Lipinski definition) is 8. The molecule has 240 valence electrons. The Morgan fingerprint density at radius 3 is 2.58 bits per heavy atom. The molecular weight excluding hydrogens is 546 g/mol. The molecule has 0 saturated heterocycles. The summed E-state index contributed by atoms with van der Waals surface area (Å²) in [6.07, 6.45) is 15.9.